The van der Waals surface area contributed by atoms with Crippen molar-refractivity contribution in [3.63, 3.8) is 0 Å². The van der Waals surface area contributed by atoms with Crippen LogP contribution in [0.3, 0.4) is 0 Å². The monoisotopic (exact) mass is 274 g/mol. The maximum Gasteiger partial charge on any atom is 0.224 e. The Hall–Kier alpha value is -2.04. The van der Waals surface area contributed by atoms with E-state index in [4.69, 9.17) is 0 Å². The maximum absolute atomic E-state index is 12.0. The molecule has 1 heterocycles. The highest BCUT2D eigenvalue weighted by molar-refractivity contribution is 5.82. The molecule has 0 aliphatic rings. The van der Waals surface area contributed by atoms with E-state index in [1.807, 2.05) is 43.9 Å². The van der Waals surface area contributed by atoms with Gasteiger partial charge in [-0.1, -0.05) is 0 Å². The smallest absolute Gasteiger partial charge is 0.224 e. The number of fused-ring (bicyclic) bond motifs is 1. The maximum atomic E-state index is 12.0. The number of nitrogens with zero attached hydrogens (tertiary/aromatic N) is 2. The van der Waals surface area contributed by atoms with E-state index in [-0.39, 0.29) is 11.9 Å². The Morgan fingerprint density at radius 2 is 2.15 bits per heavy atom. The Morgan fingerprint density at radius 1 is 1.40 bits per heavy atom. The van der Waals surface area contributed by atoms with E-state index in [2.05, 4.69) is 15.5 Å². The summed E-state index contributed by atoms with van der Waals surface area (Å²) in [4.78, 5) is 13.9. The minimum Gasteiger partial charge on any atom is -0.382 e. The minimum atomic E-state index is 0.104. The third-order valence-corrected chi connectivity index (χ3v) is 3.45. The van der Waals surface area contributed by atoms with Crippen LogP contribution >= 0.6 is 0 Å². The average molecular weight is 274 g/mol. The first-order chi connectivity index (χ1) is 9.63. The van der Waals surface area contributed by atoms with Gasteiger partial charge in [0.2, 0.25) is 5.91 Å². The number of H-pyrrole nitrogens is 1. The Bertz CT molecular complexity index is 574. The van der Waals surface area contributed by atoms with Crippen LogP contribution in [-0.4, -0.2) is 40.1 Å². The van der Waals surface area contributed by atoms with Crippen LogP contribution in [0, 0.1) is 0 Å². The highest BCUT2D eigenvalue weighted by Gasteiger charge is 2.14. The first-order valence-electron chi connectivity index (χ1n) is 7.11. The molecule has 20 heavy (non-hydrogen) atoms. The molecule has 1 amide bonds. The van der Waals surface area contributed by atoms with Crippen molar-refractivity contribution in [3.05, 3.63) is 24.4 Å². The highest BCUT2D eigenvalue weighted by atomic mass is 16.2. The van der Waals surface area contributed by atoms with Crippen LogP contribution in [0.15, 0.2) is 24.4 Å². The summed E-state index contributed by atoms with van der Waals surface area (Å²) in [7, 11) is 0. The third-order valence-electron chi connectivity index (χ3n) is 3.45. The molecule has 0 aliphatic carbocycles. The number of amides is 1. The summed E-state index contributed by atoms with van der Waals surface area (Å²) in [5, 5.41) is 11.4. The second kappa shape index (κ2) is 6.41. The number of hydrogen-bond acceptors (Lipinski definition) is 3. The van der Waals surface area contributed by atoms with Crippen molar-refractivity contribution in [2.24, 2.45) is 0 Å². The lowest BCUT2D eigenvalue weighted by Gasteiger charge is -2.22. The Labute approximate surface area is 119 Å². The number of rotatable bonds is 6. The predicted molar refractivity (Wildman–Crippen MR) is 81.7 cm³/mol. The number of anilines is 1. The number of hydrogen-bond donors (Lipinski definition) is 2. The van der Waals surface area contributed by atoms with Crippen LogP contribution in [0.5, 0.6) is 0 Å². The fraction of sp³-hybridized carbons (Fsp3) is 0.467. The molecule has 0 fully saturated rings. The lowest BCUT2D eigenvalue weighted by atomic mass is 10.1. The minimum absolute atomic E-state index is 0.104. The number of nitrogens with one attached hydrogen (secondary N) is 2. The van der Waals surface area contributed by atoms with E-state index in [1.165, 1.54) is 0 Å². The molecule has 5 nitrogen and oxygen atoms in total. The molecule has 0 bridgehead atoms. The second-order valence-electron chi connectivity index (χ2n) is 4.99. The molecule has 1 aromatic carbocycles. The fourth-order valence-electron chi connectivity index (χ4n) is 2.34. The Morgan fingerprint density at radius 3 is 2.85 bits per heavy atom. The predicted octanol–water partition coefficient (Wildman–Crippen LogP) is 2.62. The molecule has 0 saturated carbocycles. The zero-order valence-electron chi connectivity index (χ0n) is 12.3. The van der Waals surface area contributed by atoms with Gasteiger partial charge in [-0.05, 0) is 39.0 Å². The zero-order chi connectivity index (χ0) is 14.5. The van der Waals surface area contributed by atoms with Crippen LogP contribution < -0.4 is 5.32 Å². The SMILES string of the molecule is CCN(CC)C(=O)C[C@H](C)Nc1ccc2[nH]ncc2c1. The van der Waals surface area contributed by atoms with Gasteiger partial charge in [0, 0.05) is 36.6 Å². The zero-order valence-corrected chi connectivity index (χ0v) is 12.3. The highest BCUT2D eigenvalue weighted by Crippen LogP contribution is 2.18. The first-order valence-corrected chi connectivity index (χ1v) is 7.11. The third kappa shape index (κ3) is 3.29. The molecular formula is C15H22N4O. The summed E-state index contributed by atoms with van der Waals surface area (Å²) < 4.78 is 0. The van der Waals surface area contributed by atoms with E-state index in [0.29, 0.717) is 6.42 Å². The van der Waals surface area contributed by atoms with Crippen molar-refractivity contribution >= 4 is 22.5 Å². The molecule has 0 unspecified atom stereocenters. The summed E-state index contributed by atoms with van der Waals surface area (Å²) in [5.74, 6) is 0.194. The molecule has 0 radical (unpaired) electrons. The van der Waals surface area contributed by atoms with Crippen LogP contribution in [0.2, 0.25) is 0 Å². The number of aromatic amines is 1. The van der Waals surface area contributed by atoms with Gasteiger partial charge in [-0.15, -0.1) is 0 Å². The van der Waals surface area contributed by atoms with Crippen molar-refractivity contribution in [3.8, 4) is 0 Å². The molecule has 1 atom stereocenters. The van der Waals surface area contributed by atoms with E-state index >= 15 is 0 Å². The molecule has 0 spiro atoms. The van der Waals surface area contributed by atoms with Gasteiger partial charge in [0.25, 0.3) is 0 Å². The van der Waals surface area contributed by atoms with Gasteiger partial charge < -0.3 is 10.2 Å². The van der Waals surface area contributed by atoms with E-state index < -0.39 is 0 Å². The summed E-state index contributed by atoms with van der Waals surface area (Å²) in [6, 6.07) is 6.13. The summed E-state index contributed by atoms with van der Waals surface area (Å²) in [6.45, 7) is 7.58. The lowest BCUT2D eigenvalue weighted by molar-refractivity contribution is -0.130. The molecule has 2 aromatic rings. The van der Waals surface area contributed by atoms with Gasteiger partial charge in [-0.25, -0.2) is 0 Å². The molecular weight excluding hydrogens is 252 g/mol. The van der Waals surface area contributed by atoms with E-state index in [9.17, 15) is 4.79 Å². The van der Waals surface area contributed by atoms with Crippen LogP contribution in [0.1, 0.15) is 27.2 Å². The van der Waals surface area contributed by atoms with Gasteiger partial charge in [0.1, 0.15) is 0 Å². The van der Waals surface area contributed by atoms with Crippen LogP contribution in [0.25, 0.3) is 10.9 Å². The molecule has 2 rings (SSSR count). The second-order valence-corrected chi connectivity index (χ2v) is 4.99. The summed E-state index contributed by atoms with van der Waals surface area (Å²) >= 11 is 0. The molecule has 2 N–H and O–H groups in total. The van der Waals surface area contributed by atoms with Crippen LogP contribution in [0.4, 0.5) is 5.69 Å². The number of carbonyl (C=O) groups is 1. The molecule has 5 heteroatoms. The van der Waals surface area contributed by atoms with Crippen molar-refractivity contribution in [2.75, 3.05) is 18.4 Å². The largest absolute Gasteiger partial charge is 0.382 e. The summed E-state index contributed by atoms with van der Waals surface area (Å²) in [6.07, 6.45) is 2.30. The lowest BCUT2D eigenvalue weighted by Crippen LogP contribution is -2.34. The average Bonchev–Trinajstić information content (AvgIpc) is 2.87. The van der Waals surface area contributed by atoms with Gasteiger partial charge in [-0.2, -0.15) is 5.10 Å². The normalized spacial score (nSPS) is 12.3. The van der Waals surface area contributed by atoms with Gasteiger partial charge in [0.15, 0.2) is 0 Å². The van der Waals surface area contributed by atoms with E-state index in [1.54, 1.807) is 6.20 Å². The Kier molecular flexibility index (Phi) is 4.61. The molecule has 0 aliphatic heterocycles. The molecule has 0 saturated heterocycles. The molecule has 1 aromatic heterocycles. The van der Waals surface area contributed by atoms with Gasteiger partial charge in [-0.3, -0.25) is 9.89 Å². The van der Waals surface area contributed by atoms with Gasteiger partial charge >= 0.3 is 0 Å². The van der Waals surface area contributed by atoms with Crippen molar-refractivity contribution < 1.29 is 4.79 Å². The van der Waals surface area contributed by atoms with Crippen molar-refractivity contribution in [2.45, 2.75) is 33.2 Å². The first kappa shape index (κ1) is 14.4. The van der Waals surface area contributed by atoms with Crippen molar-refractivity contribution in [1.82, 2.24) is 15.1 Å². The summed E-state index contributed by atoms with van der Waals surface area (Å²) in [5.41, 5.74) is 2.03. The van der Waals surface area contributed by atoms with E-state index in [0.717, 1.165) is 29.7 Å². The van der Waals surface area contributed by atoms with Crippen molar-refractivity contribution in [1.29, 1.82) is 0 Å². The fourth-order valence-corrected chi connectivity index (χ4v) is 2.34. The topological polar surface area (TPSA) is 61.0 Å². The number of carbonyl (C=O) groups excluding carboxylic acids is 1. The molecule has 108 valence electrons. The number of benzene rings is 1. The van der Waals surface area contributed by atoms with Gasteiger partial charge in [0.05, 0.1) is 11.7 Å². The Balaban J connectivity index is 1.96. The number of aromatic nitrogens is 2. The van der Waals surface area contributed by atoms with Crippen LogP contribution in [-0.2, 0) is 4.79 Å². The standard InChI is InChI=1S/C15H22N4O/c1-4-19(5-2)15(20)8-11(3)17-13-6-7-14-12(9-13)10-16-18-14/h6-7,9-11,17H,4-5,8H2,1-3H3,(H,16,18)/t11-/m0/s1. The quantitative estimate of drug-likeness (QED) is 0.851.